The monoisotopic (exact) mass is 487 g/mol. The van der Waals surface area contributed by atoms with E-state index in [-0.39, 0.29) is 5.91 Å². The standard InChI is InChI=1S/C15H11BrIN3OS/c16-9-5-6-12-13(7-9)20-15(19-12)22-8-14(21)18-11-4-2-1-3-10(11)17/h1-7H,8H2,(H,18,21)(H,19,20). The van der Waals surface area contributed by atoms with Gasteiger partial charge in [-0.1, -0.05) is 39.8 Å². The highest BCUT2D eigenvalue weighted by Crippen LogP contribution is 2.23. The number of benzene rings is 2. The Balaban J connectivity index is 1.63. The van der Waals surface area contributed by atoms with Crippen molar-refractivity contribution in [3.8, 4) is 0 Å². The van der Waals surface area contributed by atoms with Crippen molar-refractivity contribution < 1.29 is 4.79 Å². The Hall–Kier alpha value is -1.06. The molecule has 3 aromatic rings. The first-order valence-corrected chi connectivity index (χ1v) is 9.30. The molecule has 1 aromatic heterocycles. The summed E-state index contributed by atoms with van der Waals surface area (Å²) in [5.41, 5.74) is 2.68. The predicted molar refractivity (Wildman–Crippen MR) is 102 cm³/mol. The first kappa shape index (κ1) is 15.8. The van der Waals surface area contributed by atoms with Gasteiger partial charge >= 0.3 is 0 Å². The van der Waals surface area contributed by atoms with E-state index in [4.69, 9.17) is 0 Å². The molecule has 2 aromatic carbocycles. The second kappa shape index (κ2) is 7.01. The van der Waals surface area contributed by atoms with Gasteiger partial charge in [-0.15, -0.1) is 0 Å². The summed E-state index contributed by atoms with van der Waals surface area (Å²) in [6.07, 6.45) is 0. The van der Waals surface area contributed by atoms with E-state index >= 15 is 0 Å². The largest absolute Gasteiger partial charge is 0.333 e. The summed E-state index contributed by atoms with van der Waals surface area (Å²) < 4.78 is 2.02. The van der Waals surface area contributed by atoms with Crippen LogP contribution in [0, 0.1) is 3.57 Å². The van der Waals surface area contributed by atoms with Crippen molar-refractivity contribution in [1.29, 1.82) is 0 Å². The molecule has 7 heteroatoms. The van der Waals surface area contributed by atoms with E-state index < -0.39 is 0 Å². The topological polar surface area (TPSA) is 57.8 Å². The summed E-state index contributed by atoms with van der Waals surface area (Å²) >= 11 is 7.02. The lowest BCUT2D eigenvalue weighted by molar-refractivity contribution is -0.113. The van der Waals surface area contributed by atoms with Crippen LogP contribution in [0.2, 0.25) is 0 Å². The Morgan fingerprint density at radius 2 is 2.14 bits per heavy atom. The minimum atomic E-state index is -0.0456. The molecule has 0 saturated carbocycles. The number of halogens is 2. The number of nitrogens with one attached hydrogen (secondary N) is 2. The van der Waals surface area contributed by atoms with Gasteiger partial charge in [0.2, 0.25) is 5.91 Å². The van der Waals surface area contributed by atoms with Gasteiger partial charge in [0, 0.05) is 8.04 Å². The lowest BCUT2D eigenvalue weighted by Gasteiger charge is -2.06. The number of nitrogens with zero attached hydrogens (tertiary/aromatic N) is 1. The molecular formula is C15H11BrIN3OS. The van der Waals surface area contributed by atoms with Gasteiger partial charge in [-0.05, 0) is 52.9 Å². The number of anilines is 1. The Bertz CT molecular complexity index is 837. The molecule has 0 aliphatic rings. The molecule has 2 N–H and O–H groups in total. The number of carbonyl (C=O) groups is 1. The van der Waals surface area contributed by atoms with Crippen LogP contribution >= 0.6 is 50.3 Å². The fourth-order valence-corrected chi connectivity index (χ4v) is 3.48. The number of thioether (sulfide) groups is 1. The van der Waals surface area contributed by atoms with Crippen LogP contribution in [0.15, 0.2) is 52.1 Å². The van der Waals surface area contributed by atoms with Crippen LogP contribution in [0.4, 0.5) is 5.69 Å². The van der Waals surface area contributed by atoms with Gasteiger partial charge in [-0.25, -0.2) is 4.98 Å². The van der Waals surface area contributed by atoms with Crippen LogP contribution in [0.5, 0.6) is 0 Å². The molecule has 0 fully saturated rings. The maximum Gasteiger partial charge on any atom is 0.234 e. The van der Waals surface area contributed by atoms with Crippen molar-refractivity contribution in [2.45, 2.75) is 5.16 Å². The summed E-state index contributed by atoms with van der Waals surface area (Å²) in [6.45, 7) is 0. The second-order valence-corrected chi connectivity index (χ2v) is 7.56. The van der Waals surface area contributed by atoms with Crippen molar-refractivity contribution in [3.05, 3.63) is 50.5 Å². The molecule has 22 heavy (non-hydrogen) atoms. The molecule has 0 radical (unpaired) electrons. The van der Waals surface area contributed by atoms with E-state index in [1.54, 1.807) is 0 Å². The molecule has 0 aliphatic carbocycles. The predicted octanol–water partition coefficient (Wildman–Crippen LogP) is 4.66. The fourth-order valence-electron chi connectivity index (χ4n) is 1.91. The van der Waals surface area contributed by atoms with Gasteiger partial charge in [0.05, 0.1) is 22.5 Å². The second-order valence-electron chi connectivity index (χ2n) is 4.52. The molecular weight excluding hydrogens is 477 g/mol. The molecule has 1 amide bonds. The number of para-hydroxylation sites is 1. The number of H-pyrrole nitrogens is 1. The normalized spacial score (nSPS) is 10.8. The van der Waals surface area contributed by atoms with Crippen LogP contribution in [-0.2, 0) is 4.79 Å². The van der Waals surface area contributed by atoms with Crippen molar-refractivity contribution in [2.24, 2.45) is 0 Å². The third kappa shape index (κ3) is 3.82. The number of imidazole rings is 1. The minimum Gasteiger partial charge on any atom is -0.333 e. The number of hydrogen-bond donors (Lipinski definition) is 2. The molecule has 0 aliphatic heterocycles. The van der Waals surface area contributed by atoms with Gasteiger partial charge in [0.25, 0.3) is 0 Å². The van der Waals surface area contributed by atoms with Crippen molar-refractivity contribution >= 4 is 72.9 Å². The molecule has 0 unspecified atom stereocenters. The van der Waals surface area contributed by atoms with E-state index in [9.17, 15) is 4.79 Å². The van der Waals surface area contributed by atoms with Crippen molar-refractivity contribution in [1.82, 2.24) is 9.97 Å². The van der Waals surface area contributed by atoms with Crippen LogP contribution in [0.25, 0.3) is 11.0 Å². The number of hydrogen-bond acceptors (Lipinski definition) is 3. The number of carbonyl (C=O) groups excluding carboxylic acids is 1. The third-order valence-electron chi connectivity index (χ3n) is 2.91. The van der Waals surface area contributed by atoms with Crippen molar-refractivity contribution in [3.63, 3.8) is 0 Å². The minimum absolute atomic E-state index is 0.0456. The van der Waals surface area contributed by atoms with Crippen molar-refractivity contribution in [2.75, 3.05) is 11.1 Å². The summed E-state index contributed by atoms with van der Waals surface area (Å²) in [4.78, 5) is 19.7. The third-order valence-corrected chi connectivity index (χ3v) is 5.22. The molecule has 1 heterocycles. The molecule has 0 saturated heterocycles. The maximum absolute atomic E-state index is 12.0. The number of rotatable bonds is 4. The number of fused-ring (bicyclic) bond motifs is 1. The first-order chi connectivity index (χ1) is 10.6. The molecule has 0 spiro atoms. The van der Waals surface area contributed by atoms with E-state index in [1.807, 2.05) is 42.5 Å². The highest BCUT2D eigenvalue weighted by Gasteiger charge is 2.09. The Morgan fingerprint density at radius 1 is 1.32 bits per heavy atom. The Kier molecular flexibility index (Phi) is 5.04. The summed E-state index contributed by atoms with van der Waals surface area (Å²) in [6, 6.07) is 13.6. The van der Waals surface area contributed by atoms with Crippen LogP contribution in [-0.4, -0.2) is 21.6 Å². The van der Waals surface area contributed by atoms with E-state index in [0.717, 1.165) is 29.9 Å². The Morgan fingerprint density at radius 3 is 2.95 bits per heavy atom. The number of amides is 1. The van der Waals surface area contributed by atoms with Crippen LogP contribution in [0.1, 0.15) is 0 Å². The Labute approximate surface area is 153 Å². The van der Waals surface area contributed by atoms with Crippen LogP contribution < -0.4 is 5.32 Å². The quantitative estimate of drug-likeness (QED) is 0.415. The van der Waals surface area contributed by atoms with Gasteiger partial charge < -0.3 is 10.3 Å². The summed E-state index contributed by atoms with van der Waals surface area (Å²) in [5.74, 6) is 0.266. The number of aromatic nitrogens is 2. The molecule has 3 rings (SSSR count). The molecule has 0 atom stereocenters. The molecule has 112 valence electrons. The average Bonchev–Trinajstić information content (AvgIpc) is 2.89. The van der Waals surface area contributed by atoms with E-state index in [1.165, 1.54) is 11.8 Å². The lowest BCUT2D eigenvalue weighted by atomic mass is 10.3. The van der Waals surface area contributed by atoms with Gasteiger partial charge in [0.1, 0.15) is 0 Å². The lowest BCUT2D eigenvalue weighted by Crippen LogP contribution is -2.14. The summed E-state index contributed by atoms with van der Waals surface area (Å²) in [5, 5.41) is 3.65. The van der Waals surface area contributed by atoms with E-state index in [0.29, 0.717) is 5.75 Å². The zero-order valence-corrected chi connectivity index (χ0v) is 15.8. The van der Waals surface area contributed by atoms with Gasteiger partial charge in [-0.3, -0.25) is 4.79 Å². The first-order valence-electron chi connectivity index (χ1n) is 6.44. The van der Waals surface area contributed by atoms with Gasteiger partial charge in [0.15, 0.2) is 5.16 Å². The zero-order chi connectivity index (χ0) is 15.5. The smallest absolute Gasteiger partial charge is 0.234 e. The molecule has 4 nitrogen and oxygen atoms in total. The summed E-state index contributed by atoms with van der Waals surface area (Å²) in [7, 11) is 0. The zero-order valence-electron chi connectivity index (χ0n) is 11.3. The number of aromatic amines is 1. The highest BCUT2D eigenvalue weighted by atomic mass is 127. The van der Waals surface area contributed by atoms with E-state index in [2.05, 4.69) is 53.8 Å². The maximum atomic E-state index is 12.0. The fraction of sp³-hybridized carbons (Fsp3) is 0.0667. The average molecular weight is 488 g/mol. The molecule has 0 bridgehead atoms. The van der Waals surface area contributed by atoms with Crippen LogP contribution in [0.3, 0.4) is 0 Å². The SMILES string of the molecule is O=C(CSc1nc2ccc(Br)cc2[nH]1)Nc1ccccc1I. The van der Waals surface area contributed by atoms with Gasteiger partial charge in [-0.2, -0.15) is 0 Å². The highest BCUT2D eigenvalue weighted by molar-refractivity contribution is 14.1.